The van der Waals surface area contributed by atoms with E-state index in [-0.39, 0.29) is 35.9 Å². The first-order chi connectivity index (χ1) is 14.2. The second kappa shape index (κ2) is 8.67. The van der Waals surface area contributed by atoms with Crippen LogP contribution in [0.2, 0.25) is 0 Å². The van der Waals surface area contributed by atoms with E-state index in [9.17, 15) is 4.79 Å². The number of ether oxygens (including phenoxy) is 2. The van der Waals surface area contributed by atoms with Gasteiger partial charge in [-0.25, -0.2) is 0 Å². The standard InChI is InChI=1S/C20H16N4O4S/c21-10-11-24(14-6-2-1-3-7-14)18(25)13-29-20-23-22-19(28-20)17-12-26-15-8-4-5-9-16(15)27-17/h1-9,17H,11-13H2. The van der Waals surface area contributed by atoms with E-state index in [1.165, 1.54) is 4.90 Å². The summed E-state index contributed by atoms with van der Waals surface area (Å²) in [6.45, 7) is 0.220. The van der Waals surface area contributed by atoms with Gasteiger partial charge in [0.05, 0.1) is 11.8 Å². The molecule has 146 valence electrons. The number of thioether (sulfide) groups is 1. The molecule has 0 saturated heterocycles. The van der Waals surface area contributed by atoms with Crippen molar-refractivity contribution in [2.75, 3.05) is 23.8 Å². The quantitative estimate of drug-likeness (QED) is 0.453. The van der Waals surface area contributed by atoms with E-state index in [0.717, 1.165) is 11.8 Å². The molecule has 0 bridgehead atoms. The molecule has 29 heavy (non-hydrogen) atoms. The third-order valence-corrected chi connectivity index (χ3v) is 4.93. The first kappa shape index (κ1) is 18.8. The Bertz CT molecular complexity index is 1030. The summed E-state index contributed by atoms with van der Waals surface area (Å²) >= 11 is 1.11. The van der Waals surface area contributed by atoms with E-state index < -0.39 is 6.10 Å². The molecule has 1 unspecified atom stereocenters. The molecule has 1 amide bonds. The molecule has 3 aromatic rings. The van der Waals surface area contributed by atoms with Gasteiger partial charge >= 0.3 is 0 Å². The van der Waals surface area contributed by atoms with Gasteiger partial charge in [-0.05, 0) is 24.3 Å². The first-order valence-corrected chi connectivity index (χ1v) is 9.80. The summed E-state index contributed by atoms with van der Waals surface area (Å²) in [5.41, 5.74) is 0.664. The fraction of sp³-hybridized carbons (Fsp3) is 0.200. The highest BCUT2D eigenvalue weighted by molar-refractivity contribution is 7.99. The average Bonchev–Trinajstić information content (AvgIpc) is 3.25. The van der Waals surface area contributed by atoms with Crippen molar-refractivity contribution < 1.29 is 18.7 Å². The Morgan fingerprint density at radius 1 is 1.14 bits per heavy atom. The van der Waals surface area contributed by atoms with Crippen LogP contribution < -0.4 is 14.4 Å². The van der Waals surface area contributed by atoms with E-state index in [0.29, 0.717) is 17.2 Å². The molecule has 1 aliphatic rings. The van der Waals surface area contributed by atoms with Crippen molar-refractivity contribution >= 4 is 23.4 Å². The van der Waals surface area contributed by atoms with E-state index in [2.05, 4.69) is 10.2 Å². The SMILES string of the molecule is N#CCN(C(=O)CSc1nnc(C2COc3ccccc3O2)o1)c1ccccc1. The Morgan fingerprint density at radius 3 is 2.69 bits per heavy atom. The Labute approximate surface area is 171 Å². The lowest BCUT2D eigenvalue weighted by atomic mass is 10.2. The molecule has 1 aromatic heterocycles. The van der Waals surface area contributed by atoms with Crippen LogP contribution in [0.3, 0.4) is 0 Å². The molecule has 0 fully saturated rings. The number of nitriles is 1. The van der Waals surface area contributed by atoms with Gasteiger partial charge in [0.2, 0.25) is 12.0 Å². The van der Waals surface area contributed by atoms with Gasteiger partial charge in [0.15, 0.2) is 11.5 Å². The number of fused-ring (bicyclic) bond motifs is 1. The number of carbonyl (C=O) groups is 1. The van der Waals surface area contributed by atoms with Crippen LogP contribution in [0, 0.1) is 11.3 Å². The third-order valence-electron chi connectivity index (χ3n) is 4.12. The third kappa shape index (κ3) is 4.33. The molecule has 4 rings (SSSR count). The van der Waals surface area contributed by atoms with Gasteiger partial charge in [-0.3, -0.25) is 9.69 Å². The highest BCUT2D eigenvalue weighted by atomic mass is 32.2. The molecule has 0 N–H and O–H groups in total. The van der Waals surface area contributed by atoms with Crippen molar-refractivity contribution in [3.8, 4) is 17.6 Å². The van der Waals surface area contributed by atoms with Crippen LogP contribution in [0.5, 0.6) is 11.5 Å². The molecule has 9 heteroatoms. The van der Waals surface area contributed by atoms with Crippen LogP contribution in [-0.4, -0.2) is 35.0 Å². The van der Waals surface area contributed by atoms with Crippen LogP contribution in [0.15, 0.2) is 64.2 Å². The normalized spacial score (nSPS) is 14.8. The number of hydrogen-bond acceptors (Lipinski definition) is 8. The summed E-state index contributed by atoms with van der Waals surface area (Å²) in [7, 11) is 0. The number of amides is 1. The van der Waals surface area contributed by atoms with Crippen LogP contribution in [0.4, 0.5) is 5.69 Å². The second-order valence-electron chi connectivity index (χ2n) is 6.03. The zero-order valence-electron chi connectivity index (χ0n) is 15.2. The summed E-state index contributed by atoms with van der Waals surface area (Å²) in [5, 5.41) is 17.3. The number of anilines is 1. The summed E-state index contributed by atoms with van der Waals surface area (Å²) in [6, 6.07) is 18.4. The van der Waals surface area contributed by atoms with Crippen molar-refractivity contribution in [1.82, 2.24) is 10.2 Å². The number of aromatic nitrogens is 2. The minimum Gasteiger partial charge on any atom is -0.485 e. The zero-order chi connectivity index (χ0) is 20.1. The molecule has 0 saturated carbocycles. The average molecular weight is 408 g/mol. The molecular formula is C20H16N4O4S. The summed E-state index contributed by atoms with van der Waals surface area (Å²) in [4.78, 5) is 14.0. The van der Waals surface area contributed by atoms with Gasteiger partial charge in [0.25, 0.3) is 11.1 Å². The zero-order valence-corrected chi connectivity index (χ0v) is 16.0. The Balaban J connectivity index is 1.38. The summed E-state index contributed by atoms with van der Waals surface area (Å²) in [6.07, 6.45) is -0.512. The first-order valence-electron chi connectivity index (χ1n) is 8.81. The van der Waals surface area contributed by atoms with Crippen molar-refractivity contribution in [3.63, 3.8) is 0 Å². The molecule has 1 atom stereocenters. The van der Waals surface area contributed by atoms with Crippen LogP contribution >= 0.6 is 11.8 Å². The monoisotopic (exact) mass is 408 g/mol. The van der Waals surface area contributed by atoms with Gasteiger partial charge in [-0.15, -0.1) is 10.2 Å². The predicted molar refractivity (Wildman–Crippen MR) is 105 cm³/mol. The van der Waals surface area contributed by atoms with E-state index in [4.69, 9.17) is 19.2 Å². The van der Waals surface area contributed by atoms with Crippen molar-refractivity contribution in [2.45, 2.75) is 11.3 Å². The van der Waals surface area contributed by atoms with Crippen molar-refractivity contribution in [1.29, 1.82) is 5.26 Å². The Hall–Kier alpha value is -3.51. The van der Waals surface area contributed by atoms with E-state index in [1.54, 1.807) is 18.2 Å². The molecule has 1 aliphatic heterocycles. The molecule has 0 spiro atoms. The van der Waals surface area contributed by atoms with Crippen LogP contribution in [0.1, 0.15) is 12.0 Å². The van der Waals surface area contributed by atoms with E-state index in [1.807, 2.05) is 42.5 Å². The highest BCUT2D eigenvalue weighted by Crippen LogP contribution is 2.36. The topological polar surface area (TPSA) is 101 Å². The summed E-state index contributed by atoms with van der Waals surface area (Å²) < 4.78 is 17.1. The lowest BCUT2D eigenvalue weighted by Gasteiger charge is -2.23. The highest BCUT2D eigenvalue weighted by Gasteiger charge is 2.27. The largest absolute Gasteiger partial charge is 0.485 e. The minimum absolute atomic E-state index is 0.0366. The molecule has 2 aromatic carbocycles. The lowest BCUT2D eigenvalue weighted by Crippen LogP contribution is -2.32. The molecule has 0 radical (unpaired) electrons. The number of carbonyl (C=O) groups excluding carboxylic acids is 1. The van der Waals surface area contributed by atoms with E-state index >= 15 is 0 Å². The van der Waals surface area contributed by atoms with Gasteiger partial charge in [0, 0.05) is 5.69 Å². The predicted octanol–water partition coefficient (Wildman–Crippen LogP) is 3.23. The molecule has 2 heterocycles. The molecular weight excluding hydrogens is 392 g/mol. The number of benzene rings is 2. The van der Waals surface area contributed by atoms with Crippen LogP contribution in [0.25, 0.3) is 0 Å². The Morgan fingerprint density at radius 2 is 1.90 bits per heavy atom. The van der Waals surface area contributed by atoms with Crippen LogP contribution in [-0.2, 0) is 4.79 Å². The molecule has 8 nitrogen and oxygen atoms in total. The molecule has 0 aliphatic carbocycles. The fourth-order valence-corrected chi connectivity index (χ4v) is 3.40. The van der Waals surface area contributed by atoms with Gasteiger partial charge in [-0.2, -0.15) is 5.26 Å². The lowest BCUT2D eigenvalue weighted by molar-refractivity contribution is -0.116. The van der Waals surface area contributed by atoms with Gasteiger partial charge < -0.3 is 13.9 Å². The second-order valence-corrected chi connectivity index (χ2v) is 6.96. The Kier molecular flexibility index (Phi) is 5.63. The number of rotatable bonds is 6. The van der Waals surface area contributed by atoms with Gasteiger partial charge in [0.1, 0.15) is 13.2 Å². The summed E-state index contributed by atoms with van der Waals surface area (Å²) in [5.74, 6) is 1.40. The maximum atomic E-state index is 12.6. The van der Waals surface area contributed by atoms with Crippen molar-refractivity contribution in [2.24, 2.45) is 0 Å². The van der Waals surface area contributed by atoms with Crippen molar-refractivity contribution in [3.05, 3.63) is 60.5 Å². The number of nitrogens with zero attached hydrogens (tertiary/aromatic N) is 4. The smallest absolute Gasteiger partial charge is 0.277 e. The number of para-hydroxylation sites is 3. The number of hydrogen-bond donors (Lipinski definition) is 0. The maximum Gasteiger partial charge on any atom is 0.277 e. The fourth-order valence-electron chi connectivity index (χ4n) is 2.75. The van der Waals surface area contributed by atoms with Gasteiger partial charge in [-0.1, -0.05) is 42.1 Å². The maximum absolute atomic E-state index is 12.6. The minimum atomic E-state index is -0.512.